The second kappa shape index (κ2) is 5.34. The van der Waals surface area contributed by atoms with E-state index in [0.717, 1.165) is 0 Å². The molecular formula is C11H19F3N2O2. The molecule has 0 aromatic heterocycles. The summed E-state index contributed by atoms with van der Waals surface area (Å²) in [5.41, 5.74) is -0.650. The van der Waals surface area contributed by atoms with E-state index in [4.69, 9.17) is 4.74 Å². The lowest BCUT2D eigenvalue weighted by atomic mass is 10.1. The van der Waals surface area contributed by atoms with Gasteiger partial charge >= 0.3 is 12.4 Å². The zero-order chi connectivity index (χ0) is 14.0. The number of ether oxygens (including phenoxy) is 1. The van der Waals surface area contributed by atoms with Gasteiger partial charge in [0.05, 0.1) is 0 Å². The highest BCUT2D eigenvalue weighted by molar-refractivity contribution is 5.68. The number of nitrogens with zero attached hydrogens (tertiary/aromatic N) is 1. The predicted octanol–water partition coefficient (Wildman–Crippen LogP) is 2.50. The minimum Gasteiger partial charge on any atom is -0.444 e. The number of likely N-dealkylation sites (tertiary alicyclic amines) is 1. The minimum atomic E-state index is -4.34. The van der Waals surface area contributed by atoms with Gasteiger partial charge in [-0.25, -0.2) is 9.69 Å². The molecule has 0 aromatic carbocycles. The molecule has 106 valence electrons. The molecule has 1 fully saturated rings. The Morgan fingerprint density at radius 1 is 1.33 bits per heavy atom. The number of piperidine rings is 1. The van der Waals surface area contributed by atoms with Crippen molar-refractivity contribution in [1.29, 1.82) is 0 Å². The summed E-state index contributed by atoms with van der Waals surface area (Å²) in [4.78, 5) is 11.9. The fourth-order valence-electron chi connectivity index (χ4n) is 1.80. The number of nitrogens with one attached hydrogen (secondary N) is 1. The van der Waals surface area contributed by atoms with Gasteiger partial charge in [-0.2, -0.15) is 13.2 Å². The standard InChI is InChI=1S/C11H19F3N2O2/c1-10(2,3)18-9(17)15-8-5-4-6-16(7-8)11(12,13)14/h8H,4-7H2,1-3H3,(H,15,17). The maximum absolute atomic E-state index is 12.5. The van der Waals surface area contributed by atoms with E-state index in [1.807, 2.05) is 0 Å². The van der Waals surface area contributed by atoms with Crippen LogP contribution in [-0.4, -0.2) is 42.0 Å². The summed E-state index contributed by atoms with van der Waals surface area (Å²) in [6.07, 6.45) is -4.07. The fraction of sp³-hybridized carbons (Fsp3) is 0.909. The largest absolute Gasteiger partial charge is 0.459 e. The molecule has 1 amide bonds. The number of alkyl halides is 3. The van der Waals surface area contributed by atoms with Gasteiger partial charge < -0.3 is 10.1 Å². The first-order chi connectivity index (χ1) is 8.08. The molecule has 4 nitrogen and oxygen atoms in total. The normalized spacial score (nSPS) is 22.7. The molecule has 0 aliphatic carbocycles. The Morgan fingerprint density at radius 2 is 1.94 bits per heavy atom. The molecule has 7 heteroatoms. The van der Waals surface area contributed by atoms with Crippen LogP contribution >= 0.6 is 0 Å². The number of alkyl carbamates (subject to hydrolysis) is 1. The lowest BCUT2D eigenvalue weighted by Crippen LogP contribution is -2.52. The van der Waals surface area contributed by atoms with Crippen LogP contribution in [0.25, 0.3) is 0 Å². The van der Waals surface area contributed by atoms with Crippen molar-refractivity contribution in [2.75, 3.05) is 13.1 Å². The SMILES string of the molecule is CC(C)(C)OC(=O)NC1CCCN(C(F)(F)F)C1. The molecule has 1 unspecified atom stereocenters. The van der Waals surface area contributed by atoms with Crippen molar-refractivity contribution < 1.29 is 22.7 Å². The van der Waals surface area contributed by atoms with Crippen molar-refractivity contribution in [2.24, 2.45) is 0 Å². The van der Waals surface area contributed by atoms with E-state index in [1.54, 1.807) is 20.8 Å². The van der Waals surface area contributed by atoms with Crippen molar-refractivity contribution in [3.8, 4) is 0 Å². The second-order valence-corrected chi connectivity index (χ2v) is 5.40. The number of hydrogen-bond acceptors (Lipinski definition) is 3. The van der Waals surface area contributed by atoms with Gasteiger partial charge in [-0.05, 0) is 33.6 Å². The highest BCUT2D eigenvalue weighted by atomic mass is 19.4. The third-order valence-corrected chi connectivity index (χ3v) is 2.50. The maximum Gasteiger partial charge on any atom is 0.459 e. The van der Waals surface area contributed by atoms with Crippen LogP contribution in [-0.2, 0) is 4.74 Å². The zero-order valence-electron chi connectivity index (χ0n) is 10.8. The number of carbonyl (C=O) groups excluding carboxylic acids is 1. The van der Waals surface area contributed by atoms with E-state index < -0.39 is 24.0 Å². The summed E-state index contributed by atoms with van der Waals surface area (Å²) in [5, 5.41) is 2.47. The van der Waals surface area contributed by atoms with Crippen molar-refractivity contribution in [3.63, 3.8) is 0 Å². The van der Waals surface area contributed by atoms with Crippen molar-refractivity contribution in [2.45, 2.75) is 51.6 Å². The first-order valence-electron chi connectivity index (χ1n) is 5.89. The Balaban J connectivity index is 2.46. The average Bonchev–Trinajstić information content (AvgIpc) is 2.13. The summed E-state index contributed by atoms with van der Waals surface area (Å²) in [6, 6.07) is -0.518. The maximum atomic E-state index is 12.5. The monoisotopic (exact) mass is 268 g/mol. The summed E-state index contributed by atoms with van der Waals surface area (Å²) < 4.78 is 42.5. The molecule has 0 aromatic rings. The summed E-state index contributed by atoms with van der Waals surface area (Å²) in [5.74, 6) is 0. The Morgan fingerprint density at radius 3 is 2.44 bits per heavy atom. The van der Waals surface area contributed by atoms with E-state index in [0.29, 0.717) is 17.7 Å². The molecule has 1 aliphatic heterocycles. The average molecular weight is 268 g/mol. The Hall–Kier alpha value is -0.980. The van der Waals surface area contributed by atoms with Crippen molar-refractivity contribution in [1.82, 2.24) is 10.2 Å². The predicted molar refractivity (Wildman–Crippen MR) is 60.0 cm³/mol. The third-order valence-electron chi connectivity index (χ3n) is 2.50. The van der Waals surface area contributed by atoms with Crippen LogP contribution in [0.1, 0.15) is 33.6 Å². The van der Waals surface area contributed by atoms with Gasteiger partial charge in [-0.3, -0.25) is 0 Å². The first kappa shape index (κ1) is 15.1. The van der Waals surface area contributed by atoms with Gasteiger partial charge in [0.25, 0.3) is 0 Å². The molecule has 18 heavy (non-hydrogen) atoms. The highest BCUT2D eigenvalue weighted by Gasteiger charge is 2.40. The van der Waals surface area contributed by atoms with Crippen LogP contribution in [0, 0.1) is 0 Å². The molecule has 1 aliphatic rings. The molecule has 0 saturated carbocycles. The molecule has 0 bridgehead atoms. The smallest absolute Gasteiger partial charge is 0.444 e. The highest BCUT2D eigenvalue weighted by Crippen LogP contribution is 2.25. The lowest BCUT2D eigenvalue weighted by Gasteiger charge is -2.34. The van der Waals surface area contributed by atoms with Crippen LogP contribution in [0.4, 0.5) is 18.0 Å². The summed E-state index contributed by atoms with van der Waals surface area (Å²) in [6.45, 7) is 4.87. The van der Waals surface area contributed by atoms with Crippen LogP contribution in [0.15, 0.2) is 0 Å². The topological polar surface area (TPSA) is 41.6 Å². The van der Waals surface area contributed by atoms with Crippen LogP contribution in [0.5, 0.6) is 0 Å². The van der Waals surface area contributed by atoms with Gasteiger partial charge in [0, 0.05) is 19.1 Å². The third kappa shape index (κ3) is 5.12. The molecule has 1 atom stereocenters. The fourth-order valence-corrected chi connectivity index (χ4v) is 1.80. The number of carbonyl (C=O) groups is 1. The Kier molecular flexibility index (Phi) is 4.47. The number of amides is 1. The van der Waals surface area contributed by atoms with Crippen molar-refractivity contribution in [3.05, 3.63) is 0 Å². The molecule has 1 saturated heterocycles. The van der Waals surface area contributed by atoms with E-state index in [9.17, 15) is 18.0 Å². The summed E-state index contributed by atoms with van der Waals surface area (Å²) >= 11 is 0. The molecular weight excluding hydrogens is 249 g/mol. The summed E-state index contributed by atoms with van der Waals surface area (Å²) in [7, 11) is 0. The molecule has 1 rings (SSSR count). The van der Waals surface area contributed by atoms with Gasteiger partial charge in [0.1, 0.15) is 5.60 Å². The second-order valence-electron chi connectivity index (χ2n) is 5.40. The van der Waals surface area contributed by atoms with E-state index in [2.05, 4.69) is 5.32 Å². The number of rotatable bonds is 1. The van der Waals surface area contributed by atoms with Crippen LogP contribution < -0.4 is 5.32 Å². The molecule has 0 spiro atoms. The van der Waals surface area contributed by atoms with E-state index in [1.165, 1.54) is 0 Å². The van der Waals surface area contributed by atoms with Gasteiger partial charge in [0.2, 0.25) is 0 Å². The van der Waals surface area contributed by atoms with Crippen LogP contribution in [0.3, 0.4) is 0 Å². The van der Waals surface area contributed by atoms with Gasteiger partial charge in [0.15, 0.2) is 0 Å². The van der Waals surface area contributed by atoms with E-state index >= 15 is 0 Å². The Labute approximate surface area is 104 Å². The lowest BCUT2D eigenvalue weighted by molar-refractivity contribution is -0.251. The number of hydrogen-bond donors (Lipinski definition) is 1. The van der Waals surface area contributed by atoms with Gasteiger partial charge in [-0.1, -0.05) is 0 Å². The molecule has 1 N–H and O–H groups in total. The zero-order valence-corrected chi connectivity index (χ0v) is 10.8. The molecule has 1 heterocycles. The van der Waals surface area contributed by atoms with Crippen LogP contribution in [0.2, 0.25) is 0 Å². The van der Waals surface area contributed by atoms with Gasteiger partial charge in [-0.15, -0.1) is 0 Å². The minimum absolute atomic E-state index is 0.0179. The number of halogens is 3. The quantitative estimate of drug-likeness (QED) is 0.743. The first-order valence-corrected chi connectivity index (χ1v) is 5.89. The molecule has 0 radical (unpaired) electrons. The Bertz CT molecular complexity index is 300. The van der Waals surface area contributed by atoms with E-state index in [-0.39, 0.29) is 13.1 Å². The van der Waals surface area contributed by atoms with Crippen molar-refractivity contribution >= 4 is 6.09 Å².